The molecule has 0 spiro atoms. The fourth-order valence-corrected chi connectivity index (χ4v) is 5.16. The molecule has 7 heteroatoms. The van der Waals surface area contributed by atoms with E-state index in [-0.39, 0.29) is 15.8 Å². The van der Waals surface area contributed by atoms with Crippen molar-refractivity contribution in [2.45, 2.75) is 37.6 Å². The van der Waals surface area contributed by atoms with E-state index in [1.807, 2.05) is 13.8 Å². The maximum atomic E-state index is 12.5. The highest BCUT2D eigenvalue weighted by molar-refractivity contribution is 7.89. The molecule has 0 bridgehead atoms. The third-order valence-corrected chi connectivity index (χ3v) is 6.48. The molecule has 1 aliphatic heterocycles. The molecule has 2 unspecified atom stereocenters. The molecule has 1 saturated heterocycles. The van der Waals surface area contributed by atoms with Gasteiger partial charge in [-0.05, 0) is 31.7 Å². The highest BCUT2D eigenvalue weighted by Gasteiger charge is 2.34. The molecule has 0 radical (unpaired) electrons. The van der Waals surface area contributed by atoms with Crippen molar-refractivity contribution in [3.05, 3.63) is 16.3 Å². The summed E-state index contributed by atoms with van der Waals surface area (Å²) in [6, 6.07) is 1.21. The molecule has 1 aromatic heterocycles. The minimum atomic E-state index is -3.58. The van der Waals surface area contributed by atoms with Crippen molar-refractivity contribution in [3.63, 3.8) is 0 Å². The molecule has 1 aromatic rings. The number of hydrogen-bond acceptors (Lipinski definition) is 4. The van der Waals surface area contributed by atoms with Crippen molar-refractivity contribution in [2.75, 3.05) is 6.54 Å². The second-order valence-corrected chi connectivity index (χ2v) is 7.86. The molecule has 19 heavy (non-hydrogen) atoms. The molecule has 106 valence electrons. The molecule has 0 aliphatic carbocycles. The summed E-state index contributed by atoms with van der Waals surface area (Å²) < 4.78 is 26.5. The van der Waals surface area contributed by atoms with Gasteiger partial charge in [-0.1, -0.05) is 6.92 Å². The summed E-state index contributed by atoms with van der Waals surface area (Å²) in [4.78, 5) is 11.0. The summed E-state index contributed by atoms with van der Waals surface area (Å²) in [5.74, 6) is -0.755. The van der Waals surface area contributed by atoms with Gasteiger partial charge in [0.25, 0.3) is 0 Å². The van der Waals surface area contributed by atoms with E-state index in [1.165, 1.54) is 15.8 Å². The number of carboxylic acids is 1. The van der Waals surface area contributed by atoms with Gasteiger partial charge in [-0.25, -0.2) is 13.2 Å². The predicted molar refractivity (Wildman–Crippen MR) is 73.0 cm³/mol. The average molecular weight is 303 g/mol. The molecule has 1 aliphatic rings. The molecule has 2 atom stereocenters. The Morgan fingerprint density at radius 2 is 2.11 bits per heavy atom. The van der Waals surface area contributed by atoms with Gasteiger partial charge in [-0.15, -0.1) is 11.3 Å². The number of hydrogen-bond donors (Lipinski definition) is 1. The number of piperidine rings is 1. The largest absolute Gasteiger partial charge is 0.477 e. The summed E-state index contributed by atoms with van der Waals surface area (Å²) in [5, 5.41) is 10.3. The smallest absolute Gasteiger partial charge is 0.345 e. The van der Waals surface area contributed by atoms with E-state index < -0.39 is 16.0 Å². The van der Waals surface area contributed by atoms with Gasteiger partial charge in [-0.3, -0.25) is 0 Å². The summed E-state index contributed by atoms with van der Waals surface area (Å²) in [7, 11) is -3.58. The van der Waals surface area contributed by atoms with Crippen LogP contribution in [0, 0.1) is 5.92 Å². The first kappa shape index (κ1) is 14.5. The molecule has 1 N–H and O–H groups in total. The Hall–Kier alpha value is -0.920. The van der Waals surface area contributed by atoms with Crippen molar-refractivity contribution in [3.8, 4) is 0 Å². The van der Waals surface area contributed by atoms with Crippen molar-refractivity contribution >= 4 is 27.3 Å². The van der Waals surface area contributed by atoms with Crippen LogP contribution in [0.5, 0.6) is 0 Å². The van der Waals surface area contributed by atoms with Gasteiger partial charge in [0.1, 0.15) is 4.88 Å². The maximum Gasteiger partial charge on any atom is 0.345 e. The van der Waals surface area contributed by atoms with Crippen molar-refractivity contribution in [1.82, 2.24) is 4.31 Å². The van der Waals surface area contributed by atoms with Crippen LogP contribution in [0.1, 0.15) is 36.4 Å². The highest BCUT2D eigenvalue weighted by Crippen LogP contribution is 2.29. The number of sulfonamides is 1. The number of nitrogens with zero attached hydrogens (tertiary/aromatic N) is 1. The van der Waals surface area contributed by atoms with Crippen LogP contribution < -0.4 is 0 Å². The summed E-state index contributed by atoms with van der Waals surface area (Å²) in [5.41, 5.74) is 0. The van der Waals surface area contributed by atoms with E-state index in [2.05, 4.69) is 0 Å². The molecule has 2 heterocycles. The molecule has 0 aromatic carbocycles. The Morgan fingerprint density at radius 3 is 2.68 bits per heavy atom. The van der Waals surface area contributed by atoms with Gasteiger partial charge in [0.05, 0.1) is 4.90 Å². The first-order valence-electron chi connectivity index (χ1n) is 6.16. The summed E-state index contributed by atoms with van der Waals surface area (Å²) >= 11 is 0.945. The molecular formula is C12H17NO4S2. The highest BCUT2D eigenvalue weighted by atomic mass is 32.2. The third-order valence-electron chi connectivity index (χ3n) is 3.45. The molecule has 0 amide bonds. The molecule has 2 rings (SSSR count). The van der Waals surface area contributed by atoms with Crippen molar-refractivity contribution < 1.29 is 18.3 Å². The third kappa shape index (κ3) is 2.82. The number of carbonyl (C=O) groups is 1. The van der Waals surface area contributed by atoms with Crippen molar-refractivity contribution in [1.29, 1.82) is 0 Å². The van der Waals surface area contributed by atoms with Gasteiger partial charge < -0.3 is 5.11 Å². The first-order valence-corrected chi connectivity index (χ1v) is 8.48. The molecular weight excluding hydrogens is 286 g/mol. The Bertz CT molecular complexity index is 578. The number of aromatic carboxylic acids is 1. The van der Waals surface area contributed by atoms with Crippen LogP contribution >= 0.6 is 11.3 Å². The van der Waals surface area contributed by atoms with E-state index >= 15 is 0 Å². The normalized spacial score (nSPS) is 25.4. The van der Waals surface area contributed by atoms with Crippen LogP contribution in [0.15, 0.2) is 16.3 Å². The van der Waals surface area contributed by atoms with Gasteiger partial charge in [0, 0.05) is 18.0 Å². The zero-order valence-corrected chi connectivity index (χ0v) is 12.5. The van der Waals surface area contributed by atoms with Crippen LogP contribution in [0.3, 0.4) is 0 Å². The Morgan fingerprint density at radius 1 is 1.42 bits per heavy atom. The van der Waals surface area contributed by atoms with Gasteiger partial charge in [-0.2, -0.15) is 4.31 Å². The second kappa shape index (κ2) is 5.22. The minimum Gasteiger partial charge on any atom is -0.477 e. The fourth-order valence-electron chi connectivity index (χ4n) is 2.28. The van der Waals surface area contributed by atoms with Crippen LogP contribution in [-0.4, -0.2) is 36.4 Å². The summed E-state index contributed by atoms with van der Waals surface area (Å²) in [6.45, 7) is 4.43. The lowest BCUT2D eigenvalue weighted by Crippen LogP contribution is -2.44. The Kier molecular flexibility index (Phi) is 3.98. The molecule has 5 nitrogen and oxygen atoms in total. The summed E-state index contributed by atoms with van der Waals surface area (Å²) in [6.07, 6.45) is 1.87. The zero-order valence-electron chi connectivity index (χ0n) is 10.9. The quantitative estimate of drug-likeness (QED) is 0.929. The average Bonchev–Trinajstić information content (AvgIpc) is 2.82. The monoisotopic (exact) mass is 303 g/mol. The van der Waals surface area contributed by atoms with Gasteiger partial charge in [0.15, 0.2) is 0 Å². The van der Waals surface area contributed by atoms with Gasteiger partial charge in [0.2, 0.25) is 10.0 Å². The second-order valence-electron chi connectivity index (χ2n) is 5.06. The topological polar surface area (TPSA) is 74.7 Å². The Labute approximate surface area is 116 Å². The molecule has 0 saturated carbocycles. The lowest BCUT2D eigenvalue weighted by molar-refractivity contribution is 0.0702. The van der Waals surface area contributed by atoms with Crippen LogP contribution in [0.4, 0.5) is 0 Å². The number of rotatable bonds is 3. The van der Waals surface area contributed by atoms with Crippen LogP contribution in [0.2, 0.25) is 0 Å². The zero-order chi connectivity index (χ0) is 14.2. The van der Waals surface area contributed by atoms with E-state index in [4.69, 9.17) is 5.11 Å². The number of thiophene rings is 1. The number of carboxylic acid groups (broad SMARTS) is 1. The van der Waals surface area contributed by atoms with E-state index in [9.17, 15) is 13.2 Å². The molecule has 1 fully saturated rings. The fraction of sp³-hybridized carbons (Fsp3) is 0.583. The standard InChI is InChI=1S/C12H17NO4S2/c1-8-3-4-9(2)13(6-8)19(16,17)10-5-11(12(14)15)18-7-10/h5,7-9H,3-4,6H2,1-2H3,(H,14,15). The van der Waals surface area contributed by atoms with Gasteiger partial charge >= 0.3 is 5.97 Å². The lowest BCUT2D eigenvalue weighted by atomic mass is 9.97. The predicted octanol–water partition coefficient (Wildman–Crippen LogP) is 2.26. The van der Waals surface area contributed by atoms with E-state index in [1.54, 1.807) is 0 Å². The van der Waals surface area contributed by atoms with Crippen LogP contribution in [0.25, 0.3) is 0 Å². The van der Waals surface area contributed by atoms with Crippen LogP contribution in [-0.2, 0) is 10.0 Å². The Balaban J connectivity index is 2.32. The van der Waals surface area contributed by atoms with Crippen molar-refractivity contribution in [2.24, 2.45) is 5.92 Å². The SMILES string of the molecule is CC1CCC(C)N(S(=O)(=O)c2csc(C(=O)O)c2)C1. The maximum absolute atomic E-state index is 12.5. The minimum absolute atomic E-state index is 0.0330. The van der Waals surface area contributed by atoms with E-state index in [0.717, 1.165) is 24.2 Å². The lowest BCUT2D eigenvalue weighted by Gasteiger charge is -2.35. The van der Waals surface area contributed by atoms with E-state index in [0.29, 0.717) is 12.5 Å². The first-order chi connectivity index (χ1) is 8.82.